The smallest absolute Gasteiger partial charge is 0.246 e. The third-order valence-electron chi connectivity index (χ3n) is 2.79. The first-order valence-electron chi connectivity index (χ1n) is 5.71. The molecule has 2 rings (SSSR count). The molecule has 1 amide bonds. The molecule has 0 fully saturated rings. The lowest BCUT2D eigenvalue weighted by atomic mass is 10.1. The van der Waals surface area contributed by atoms with Crippen molar-refractivity contribution in [1.29, 1.82) is 0 Å². The van der Waals surface area contributed by atoms with E-state index < -0.39 is 0 Å². The fraction of sp³-hybridized carbons (Fsp3) is 0.231. The standard InChI is InChI=1S/C13H16N4O/c1-9-4-3-5-11(14)13(9)16-12(18)8-17-10(2)6-7-15-17/h3-7H,8,14H2,1-2H3,(H,16,18). The molecule has 94 valence electrons. The highest BCUT2D eigenvalue weighted by atomic mass is 16.2. The van der Waals surface area contributed by atoms with Crippen LogP contribution in [-0.2, 0) is 11.3 Å². The molecule has 0 aliphatic rings. The number of benzene rings is 1. The molecule has 3 N–H and O–H groups in total. The van der Waals surface area contributed by atoms with Gasteiger partial charge in [-0.15, -0.1) is 0 Å². The molecule has 0 saturated heterocycles. The zero-order valence-electron chi connectivity index (χ0n) is 10.5. The van der Waals surface area contributed by atoms with Gasteiger partial charge < -0.3 is 11.1 Å². The van der Waals surface area contributed by atoms with Gasteiger partial charge in [-0.2, -0.15) is 5.10 Å². The SMILES string of the molecule is Cc1cccc(N)c1NC(=O)Cn1nccc1C. The predicted octanol–water partition coefficient (Wildman–Crippen LogP) is 1.72. The average Bonchev–Trinajstić information content (AvgIpc) is 2.70. The number of nitrogens with one attached hydrogen (secondary N) is 1. The molecule has 0 bridgehead atoms. The Morgan fingerprint density at radius 2 is 2.17 bits per heavy atom. The van der Waals surface area contributed by atoms with Gasteiger partial charge in [-0.3, -0.25) is 9.48 Å². The third kappa shape index (κ3) is 2.51. The Bertz CT molecular complexity index is 554. The van der Waals surface area contributed by atoms with Crippen molar-refractivity contribution >= 4 is 17.3 Å². The van der Waals surface area contributed by atoms with E-state index >= 15 is 0 Å². The quantitative estimate of drug-likeness (QED) is 0.807. The fourth-order valence-corrected chi connectivity index (χ4v) is 1.74. The monoisotopic (exact) mass is 244 g/mol. The Kier molecular flexibility index (Phi) is 3.32. The number of hydrogen-bond donors (Lipinski definition) is 2. The molecule has 5 heteroatoms. The van der Waals surface area contributed by atoms with Crippen molar-refractivity contribution in [2.75, 3.05) is 11.1 Å². The number of aromatic nitrogens is 2. The number of nitrogen functional groups attached to an aromatic ring is 1. The van der Waals surface area contributed by atoms with E-state index in [1.807, 2.05) is 32.0 Å². The summed E-state index contributed by atoms with van der Waals surface area (Å²) in [6.45, 7) is 4.00. The van der Waals surface area contributed by atoms with Crippen LogP contribution >= 0.6 is 0 Å². The number of carbonyl (C=O) groups excluding carboxylic acids is 1. The Balaban J connectivity index is 2.10. The van der Waals surface area contributed by atoms with Gasteiger partial charge >= 0.3 is 0 Å². The second-order valence-corrected chi connectivity index (χ2v) is 4.22. The van der Waals surface area contributed by atoms with E-state index in [4.69, 9.17) is 5.73 Å². The zero-order valence-corrected chi connectivity index (χ0v) is 10.5. The number of carbonyl (C=O) groups is 1. The highest BCUT2D eigenvalue weighted by molar-refractivity contribution is 5.94. The van der Waals surface area contributed by atoms with Gasteiger partial charge in [0.25, 0.3) is 0 Å². The van der Waals surface area contributed by atoms with Gasteiger partial charge in [-0.05, 0) is 31.5 Å². The molecule has 1 aromatic carbocycles. The summed E-state index contributed by atoms with van der Waals surface area (Å²) >= 11 is 0. The molecule has 0 saturated carbocycles. The molecule has 1 aromatic heterocycles. The highest BCUT2D eigenvalue weighted by Crippen LogP contribution is 2.22. The second kappa shape index (κ2) is 4.91. The average molecular weight is 244 g/mol. The van der Waals surface area contributed by atoms with Crippen LogP contribution in [0.25, 0.3) is 0 Å². The van der Waals surface area contributed by atoms with Gasteiger partial charge in [0.2, 0.25) is 5.91 Å². The van der Waals surface area contributed by atoms with Crippen LogP contribution in [0.5, 0.6) is 0 Å². The maximum absolute atomic E-state index is 11.9. The van der Waals surface area contributed by atoms with Crippen LogP contribution in [0.2, 0.25) is 0 Å². The minimum absolute atomic E-state index is 0.136. The lowest BCUT2D eigenvalue weighted by Gasteiger charge is -2.11. The summed E-state index contributed by atoms with van der Waals surface area (Å²) in [5.41, 5.74) is 8.97. The molecule has 18 heavy (non-hydrogen) atoms. The van der Waals surface area contributed by atoms with E-state index in [2.05, 4.69) is 10.4 Å². The Labute approximate surface area is 106 Å². The Hall–Kier alpha value is -2.30. The largest absolute Gasteiger partial charge is 0.397 e. The van der Waals surface area contributed by atoms with Crippen LogP contribution in [0.4, 0.5) is 11.4 Å². The summed E-state index contributed by atoms with van der Waals surface area (Å²) in [7, 11) is 0. The number of anilines is 2. The number of hydrogen-bond acceptors (Lipinski definition) is 3. The molecule has 0 radical (unpaired) electrons. The predicted molar refractivity (Wildman–Crippen MR) is 71.2 cm³/mol. The van der Waals surface area contributed by atoms with E-state index in [0.29, 0.717) is 11.4 Å². The first-order valence-corrected chi connectivity index (χ1v) is 5.71. The summed E-state index contributed by atoms with van der Waals surface area (Å²) < 4.78 is 1.64. The van der Waals surface area contributed by atoms with Crippen molar-refractivity contribution in [3.05, 3.63) is 41.7 Å². The lowest BCUT2D eigenvalue weighted by Crippen LogP contribution is -2.21. The van der Waals surface area contributed by atoms with Crippen LogP contribution in [-0.4, -0.2) is 15.7 Å². The summed E-state index contributed by atoms with van der Waals surface area (Å²) in [4.78, 5) is 11.9. The van der Waals surface area contributed by atoms with E-state index in [9.17, 15) is 4.79 Å². The molecule has 1 heterocycles. The summed E-state index contributed by atoms with van der Waals surface area (Å²) in [5, 5.41) is 6.89. The molecule has 0 spiro atoms. The number of nitrogens with zero attached hydrogens (tertiary/aromatic N) is 2. The van der Waals surface area contributed by atoms with Gasteiger partial charge in [0.1, 0.15) is 6.54 Å². The van der Waals surface area contributed by atoms with Crippen LogP contribution < -0.4 is 11.1 Å². The fourth-order valence-electron chi connectivity index (χ4n) is 1.74. The summed E-state index contributed by atoms with van der Waals surface area (Å²) in [5.74, 6) is -0.136. The van der Waals surface area contributed by atoms with Crippen molar-refractivity contribution in [2.24, 2.45) is 0 Å². The summed E-state index contributed by atoms with van der Waals surface area (Å²) in [6.07, 6.45) is 1.67. The van der Waals surface area contributed by atoms with Gasteiger partial charge in [0.05, 0.1) is 11.4 Å². The number of para-hydroxylation sites is 1. The van der Waals surface area contributed by atoms with E-state index in [0.717, 1.165) is 11.3 Å². The molecule has 2 aromatic rings. The van der Waals surface area contributed by atoms with Gasteiger partial charge in [0.15, 0.2) is 0 Å². The maximum atomic E-state index is 11.9. The maximum Gasteiger partial charge on any atom is 0.246 e. The van der Waals surface area contributed by atoms with E-state index in [-0.39, 0.29) is 12.5 Å². The number of aryl methyl sites for hydroxylation is 2. The minimum atomic E-state index is -0.136. The second-order valence-electron chi connectivity index (χ2n) is 4.22. The zero-order chi connectivity index (χ0) is 13.1. The van der Waals surface area contributed by atoms with Crippen molar-refractivity contribution in [2.45, 2.75) is 20.4 Å². The van der Waals surface area contributed by atoms with Crippen molar-refractivity contribution < 1.29 is 4.79 Å². The highest BCUT2D eigenvalue weighted by Gasteiger charge is 2.09. The lowest BCUT2D eigenvalue weighted by molar-refractivity contribution is -0.116. The Morgan fingerprint density at radius 3 is 2.78 bits per heavy atom. The molecular weight excluding hydrogens is 228 g/mol. The van der Waals surface area contributed by atoms with E-state index in [1.165, 1.54) is 0 Å². The van der Waals surface area contributed by atoms with E-state index in [1.54, 1.807) is 16.9 Å². The van der Waals surface area contributed by atoms with Crippen LogP contribution in [0.15, 0.2) is 30.5 Å². The number of rotatable bonds is 3. The number of amides is 1. The van der Waals surface area contributed by atoms with Gasteiger partial charge in [0, 0.05) is 11.9 Å². The topological polar surface area (TPSA) is 72.9 Å². The molecule has 0 aliphatic heterocycles. The first-order chi connectivity index (χ1) is 8.58. The molecule has 0 unspecified atom stereocenters. The Morgan fingerprint density at radius 1 is 1.39 bits per heavy atom. The van der Waals surface area contributed by atoms with Gasteiger partial charge in [-0.1, -0.05) is 12.1 Å². The van der Waals surface area contributed by atoms with Crippen molar-refractivity contribution in [3.63, 3.8) is 0 Å². The first kappa shape index (κ1) is 12.2. The molecule has 0 aliphatic carbocycles. The van der Waals surface area contributed by atoms with Crippen LogP contribution in [0.1, 0.15) is 11.3 Å². The van der Waals surface area contributed by atoms with Crippen LogP contribution in [0, 0.1) is 13.8 Å². The van der Waals surface area contributed by atoms with Crippen molar-refractivity contribution in [1.82, 2.24) is 9.78 Å². The normalized spacial score (nSPS) is 10.3. The third-order valence-corrected chi connectivity index (χ3v) is 2.79. The molecular formula is C13H16N4O. The van der Waals surface area contributed by atoms with Crippen molar-refractivity contribution in [3.8, 4) is 0 Å². The summed E-state index contributed by atoms with van der Waals surface area (Å²) in [6, 6.07) is 7.39. The van der Waals surface area contributed by atoms with Gasteiger partial charge in [-0.25, -0.2) is 0 Å². The molecule has 0 atom stereocenters. The minimum Gasteiger partial charge on any atom is -0.397 e. The number of nitrogens with two attached hydrogens (primary N) is 1. The molecule has 5 nitrogen and oxygen atoms in total. The van der Waals surface area contributed by atoms with Crippen LogP contribution in [0.3, 0.4) is 0 Å².